The van der Waals surface area contributed by atoms with Crippen LogP contribution in [0.5, 0.6) is 5.75 Å². The number of rotatable bonds is 6. The van der Waals surface area contributed by atoms with E-state index in [0.717, 1.165) is 18.4 Å². The van der Waals surface area contributed by atoms with Gasteiger partial charge in [0.1, 0.15) is 15.7 Å². The molecule has 0 saturated carbocycles. The van der Waals surface area contributed by atoms with Gasteiger partial charge in [-0.15, -0.1) is 0 Å². The van der Waals surface area contributed by atoms with Crippen LogP contribution in [0.15, 0.2) is 47.4 Å². The van der Waals surface area contributed by atoms with Gasteiger partial charge in [0.15, 0.2) is 0 Å². The Morgan fingerprint density at radius 2 is 1.74 bits per heavy atom. The third-order valence-electron chi connectivity index (χ3n) is 4.96. The van der Waals surface area contributed by atoms with Crippen molar-refractivity contribution in [1.82, 2.24) is 4.72 Å². The summed E-state index contributed by atoms with van der Waals surface area (Å²) in [5.74, 6) is 0.325. The van der Waals surface area contributed by atoms with Gasteiger partial charge in [-0.1, -0.05) is 53.5 Å². The van der Waals surface area contributed by atoms with Crippen molar-refractivity contribution in [3.05, 3.63) is 58.1 Å². The summed E-state index contributed by atoms with van der Waals surface area (Å²) in [4.78, 5) is -0.0646. The molecule has 5 nitrogen and oxygen atoms in total. The van der Waals surface area contributed by atoms with Crippen LogP contribution in [0.2, 0.25) is 10.0 Å². The second-order valence-electron chi connectivity index (χ2n) is 6.48. The molecule has 3 rings (SSSR count). The fraction of sp³-hybridized carbons (Fsp3) is 0.368. The minimum atomic E-state index is -3.85. The zero-order valence-electron chi connectivity index (χ0n) is 14.9. The highest BCUT2D eigenvalue weighted by Gasteiger charge is 2.36. The van der Waals surface area contributed by atoms with Crippen LogP contribution in [0.1, 0.15) is 18.4 Å². The van der Waals surface area contributed by atoms with E-state index in [1.54, 1.807) is 0 Å². The van der Waals surface area contributed by atoms with Gasteiger partial charge >= 0.3 is 0 Å². The van der Waals surface area contributed by atoms with Gasteiger partial charge in [-0.3, -0.25) is 0 Å². The maximum atomic E-state index is 12.9. The normalized spacial score (nSPS) is 16.9. The van der Waals surface area contributed by atoms with Crippen molar-refractivity contribution in [2.24, 2.45) is 0 Å². The molecule has 2 aromatic carbocycles. The minimum absolute atomic E-state index is 0.0516. The molecule has 0 unspecified atom stereocenters. The van der Waals surface area contributed by atoms with Crippen LogP contribution >= 0.6 is 23.2 Å². The zero-order chi connectivity index (χ0) is 19.5. The second-order valence-corrected chi connectivity index (χ2v) is 8.97. The van der Waals surface area contributed by atoms with Crippen molar-refractivity contribution in [2.75, 3.05) is 26.9 Å². The number of hydrogen-bond donors (Lipinski definition) is 1. The van der Waals surface area contributed by atoms with E-state index in [2.05, 4.69) is 4.72 Å². The molecule has 0 amide bonds. The number of nitrogens with one attached hydrogen (secondary N) is 1. The number of halogens is 2. The third-order valence-corrected chi connectivity index (χ3v) is 7.38. The summed E-state index contributed by atoms with van der Waals surface area (Å²) >= 11 is 12.3. The maximum absolute atomic E-state index is 12.9. The molecule has 8 heteroatoms. The van der Waals surface area contributed by atoms with Crippen LogP contribution in [0.25, 0.3) is 0 Å². The van der Waals surface area contributed by atoms with Crippen molar-refractivity contribution >= 4 is 33.2 Å². The smallest absolute Gasteiger partial charge is 0.242 e. The van der Waals surface area contributed by atoms with Gasteiger partial charge in [0.2, 0.25) is 10.0 Å². The van der Waals surface area contributed by atoms with Gasteiger partial charge in [0.25, 0.3) is 0 Å². The van der Waals surface area contributed by atoms with Crippen molar-refractivity contribution < 1.29 is 17.9 Å². The first-order valence-corrected chi connectivity index (χ1v) is 10.8. The fourth-order valence-electron chi connectivity index (χ4n) is 3.31. The van der Waals surface area contributed by atoms with Crippen LogP contribution in [0, 0.1) is 0 Å². The minimum Gasteiger partial charge on any atom is -0.495 e. The van der Waals surface area contributed by atoms with Gasteiger partial charge < -0.3 is 9.47 Å². The maximum Gasteiger partial charge on any atom is 0.242 e. The van der Waals surface area contributed by atoms with Gasteiger partial charge in [-0.05, 0) is 30.5 Å². The zero-order valence-corrected chi connectivity index (χ0v) is 17.2. The van der Waals surface area contributed by atoms with Crippen molar-refractivity contribution in [1.29, 1.82) is 0 Å². The van der Waals surface area contributed by atoms with Crippen LogP contribution in [-0.2, 0) is 20.2 Å². The lowest BCUT2D eigenvalue weighted by Crippen LogP contribution is -2.44. The SMILES string of the molecule is COc1ccc(S(=O)(=O)NCC2(c3ccccc3)CCOCC2)c(Cl)c1Cl. The van der Waals surface area contributed by atoms with E-state index in [0.29, 0.717) is 19.0 Å². The van der Waals surface area contributed by atoms with Crippen molar-refractivity contribution in [3.63, 3.8) is 0 Å². The summed E-state index contributed by atoms with van der Waals surface area (Å²) in [6.45, 7) is 1.43. The third kappa shape index (κ3) is 4.25. The van der Waals surface area contributed by atoms with Crippen LogP contribution in [-0.4, -0.2) is 35.3 Å². The first-order chi connectivity index (χ1) is 12.9. The molecule has 1 aliphatic heterocycles. The highest BCUT2D eigenvalue weighted by atomic mass is 35.5. The van der Waals surface area contributed by atoms with Crippen LogP contribution in [0.3, 0.4) is 0 Å². The quantitative estimate of drug-likeness (QED) is 0.752. The van der Waals surface area contributed by atoms with E-state index in [4.69, 9.17) is 32.7 Å². The molecule has 1 aliphatic rings. The molecule has 1 fully saturated rings. The van der Waals surface area contributed by atoms with Crippen LogP contribution in [0.4, 0.5) is 0 Å². The Kier molecular flexibility index (Phi) is 6.33. The molecular weight excluding hydrogens is 409 g/mol. The lowest BCUT2D eigenvalue weighted by molar-refractivity contribution is 0.0517. The van der Waals surface area contributed by atoms with Gasteiger partial charge in [-0.25, -0.2) is 13.1 Å². The standard InChI is InChI=1S/C19H21Cl2NO4S/c1-25-15-7-8-16(18(21)17(15)20)27(23,24)22-13-19(9-11-26-12-10-19)14-5-3-2-4-6-14/h2-8,22H,9-13H2,1H3. The molecule has 0 bridgehead atoms. The molecular formula is C19H21Cl2NO4S. The summed E-state index contributed by atoms with van der Waals surface area (Å²) in [7, 11) is -2.40. The Bertz CT molecular complexity index is 897. The largest absolute Gasteiger partial charge is 0.495 e. The Labute approximate surface area is 169 Å². The van der Waals surface area contributed by atoms with E-state index in [-0.39, 0.29) is 26.9 Å². The molecule has 0 aromatic heterocycles. The number of hydrogen-bond acceptors (Lipinski definition) is 4. The lowest BCUT2D eigenvalue weighted by Gasteiger charge is -2.38. The molecule has 1 saturated heterocycles. The second kappa shape index (κ2) is 8.37. The predicted octanol–water partition coefficient (Wildman–Crippen LogP) is 4.03. The number of benzene rings is 2. The Morgan fingerprint density at radius 3 is 2.37 bits per heavy atom. The average molecular weight is 430 g/mol. The van der Waals surface area contributed by atoms with Crippen LogP contribution < -0.4 is 9.46 Å². The van der Waals surface area contributed by atoms with E-state index in [1.165, 1.54) is 19.2 Å². The first-order valence-electron chi connectivity index (χ1n) is 8.54. The highest BCUT2D eigenvalue weighted by molar-refractivity contribution is 7.89. The molecule has 0 aliphatic carbocycles. The molecule has 0 spiro atoms. The van der Waals surface area contributed by atoms with E-state index >= 15 is 0 Å². The number of ether oxygens (including phenoxy) is 2. The molecule has 0 radical (unpaired) electrons. The van der Waals surface area contributed by atoms with E-state index in [1.807, 2.05) is 30.3 Å². The summed E-state index contributed by atoms with van der Waals surface area (Å²) < 4.78 is 39.1. The number of methoxy groups -OCH3 is 1. The monoisotopic (exact) mass is 429 g/mol. The molecule has 1 heterocycles. The van der Waals surface area contributed by atoms with Gasteiger partial charge in [0, 0.05) is 25.2 Å². The van der Waals surface area contributed by atoms with E-state index < -0.39 is 10.0 Å². The molecule has 27 heavy (non-hydrogen) atoms. The summed E-state index contributed by atoms with van der Waals surface area (Å²) in [5.41, 5.74) is 0.768. The number of sulfonamides is 1. The molecule has 146 valence electrons. The summed E-state index contributed by atoms with van der Waals surface area (Å²) in [6.07, 6.45) is 1.47. The Morgan fingerprint density at radius 1 is 1.07 bits per heavy atom. The Balaban J connectivity index is 1.88. The van der Waals surface area contributed by atoms with E-state index in [9.17, 15) is 8.42 Å². The van der Waals surface area contributed by atoms with Crippen molar-refractivity contribution in [2.45, 2.75) is 23.2 Å². The predicted molar refractivity (Wildman–Crippen MR) is 106 cm³/mol. The van der Waals surface area contributed by atoms with Gasteiger partial charge in [-0.2, -0.15) is 0 Å². The first kappa shape index (κ1) is 20.4. The summed E-state index contributed by atoms with van der Waals surface area (Å²) in [5, 5.41) is 0.0233. The fourth-order valence-corrected chi connectivity index (χ4v) is 5.28. The van der Waals surface area contributed by atoms with Crippen molar-refractivity contribution in [3.8, 4) is 5.75 Å². The summed E-state index contributed by atoms with van der Waals surface area (Å²) in [6, 6.07) is 12.8. The topological polar surface area (TPSA) is 64.6 Å². The molecule has 0 atom stereocenters. The lowest BCUT2D eigenvalue weighted by atomic mass is 9.74. The molecule has 2 aromatic rings. The average Bonchev–Trinajstić information content (AvgIpc) is 2.70. The highest BCUT2D eigenvalue weighted by Crippen LogP contribution is 2.38. The Hall–Kier alpha value is -1.31. The molecule has 1 N–H and O–H groups in total. The van der Waals surface area contributed by atoms with Gasteiger partial charge in [0.05, 0.1) is 12.1 Å².